The Morgan fingerprint density at radius 2 is 1.25 bits per heavy atom. The minimum absolute atomic E-state index is 0.126. The molecule has 6 heteroatoms. The Morgan fingerprint density at radius 1 is 1.12 bits per heavy atom. The molecular formula is C2H3F5Si. The van der Waals surface area contributed by atoms with Gasteiger partial charge in [-0.2, -0.15) is 0 Å². The van der Waals surface area contributed by atoms with E-state index in [1.54, 1.807) is 0 Å². The monoisotopic (exact) mass is 150 g/mol. The van der Waals surface area contributed by atoms with Gasteiger partial charge in [0.05, 0.1) is 0 Å². The molecule has 0 heterocycles. The molecule has 0 aliphatic rings. The summed E-state index contributed by atoms with van der Waals surface area (Å²) >= 11 is 0. The Hall–Kier alpha value is -0.133. The van der Waals surface area contributed by atoms with Gasteiger partial charge >= 0.3 is 14.6 Å². The van der Waals surface area contributed by atoms with Crippen molar-refractivity contribution < 1.29 is 21.1 Å². The van der Waals surface area contributed by atoms with Crippen molar-refractivity contribution in [1.82, 2.24) is 0 Å². The summed E-state index contributed by atoms with van der Waals surface area (Å²) in [6, 6.07) is 0. The fraction of sp³-hybridized carbons (Fsp3) is 1.00. The van der Waals surface area contributed by atoms with Gasteiger partial charge in [-0.15, -0.1) is 0 Å². The zero-order valence-electron chi connectivity index (χ0n) is 3.89. The Morgan fingerprint density at radius 3 is 1.25 bits per heavy atom. The molecule has 0 amide bonds. The summed E-state index contributed by atoms with van der Waals surface area (Å²) < 4.78 is 55.2. The molecule has 0 aromatic heterocycles. The average molecular weight is 150 g/mol. The fourth-order valence-electron chi connectivity index (χ4n) is 0. The van der Waals surface area contributed by atoms with Gasteiger partial charge in [0.25, 0.3) is 0 Å². The molecule has 0 radical (unpaired) electrons. The maximum Gasteiger partial charge on any atom is 0.689 e. The van der Waals surface area contributed by atoms with Crippen LogP contribution in [0.15, 0.2) is 0 Å². The first kappa shape index (κ1) is 7.87. The van der Waals surface area contributed by atoms with Crippen molar-refractivity contribution in [3.05, 3.63) is 0 Å². The highest BCUT2D eigenvalue weighted by Crippen LogP contribution is 2.29. The summed E-state index contributed by atoms with van der Waals surface area (Å²) in [5, 5.41) is 0. The van der Waals surface area contributed by atoms with E-state index >= 15 is 0 Å². The lowest BCUT2D eigenvalue weighted by Gasteiger charge is -2.08. The minimum atomic E-state index is -6.69. The first-order valence-electron chi connectivity index (χ1n) is 1.69. The molecule has 8 heavy (non-hydrogen) atoms. The van der Waals surface area contributed by atoms with E-state index in [9.17, 15) is 21.1 Å². The molecule has 0 unspecified atom stereocenters. The van der Waals surface area contributed by atoms with E-state index < -0.39 is 14.6 Å². The average Bonchev–Trinajstić information content (AvgIpc) is 1.25. The Kier molecular flexibility index (Phi) is 1.65. The van der Waals surface area contributed by atoms with Crippen molar-refractivity contribution in [3.8, 4) is 0 Å². The van der Waals surface area contributed by atoms with Crippen LogP contribution in [0.25, 0.3) is 0 Å². The van der Waals surface area contributed by atoms with Crippen molar-refractivity contribution in [1.29, 1.82) is 0 Å². The van der Waals surface area contributed by atoms with Crippen LogP contribution in [0.2, 0.25) is 0 Å². The highest BCUT2D eigenvalue weighted by atomic mass is 28.5. The number of alkyl halides is 2. The summed E-state index contributed by atoms with van der Waals surface area (Å²) in [5.41, 5.74) is -4.42. The highest BCUT2D eigenvalue weighted by Gasteiger charge is 2.60. The van der Waals surface area contributed by atoms with Gasteiger partial charge in [0.2, 0.25) is 0 Å². The third-order valence-corrected chi connectivity index (χ3v) is 1.49. The summed E-state index contributed by atoms with van der Waals surface area (Å²) in [6.07, 6.45) is 0. The Balaban J connectivity index is 4.02. The van der Waals surface area contributed by atoms with Gasteiger partial charge in [-0.3, -0.25) is 0 Å². The van der Waals surface area contributed by atoms with Gasteiger partial charge in [0.1, 0.15) is 0 Å². The van der Waals surface area contributed by atoms with Crippen LogP contribution in [0.3, 0.4) is 0 Å². The lowest BCUT2D eigenvalue weighted by Crippen LogP contribution is -2.38. The number of hydrogen-bond acceptors (Lipinski definition) is 0. The predicted octanol–water partition coefficient (Wildman–Crippen LogP) is 2.03. The van der Waals surface area contributed by atoms with E-state index in [2.05, 4.69) is 0 Å². The summed E-state index contributed by atoms with van der Waals surface area (Å²) in [6.45, 7) is -0.126. The van der Waals surface area contributed by atoms with Gasteiger partial charge in [-0.05, 0) is 0 Å². The fourth-order valence-corrected chi connectivity index (χ4v) is 0. The molecule has 0 bridgehead atoms. The van der Waals surface area contributed by atoms with Crippen LogP contribution in [0.4, 0.5) is 21.1 Å². The molecule has 0 aliphatic heterocycles. The van der Waals surface area contributed by atoms with E-state index in [1.807, 2.05) is 0 Å². The van der Waals surface area contributed by atoms with Crippen molar-refractivity contribution in [2.45, 2.75) is 12.5 Å². The lowest BCUT2D eigenvalue weighted by atomic mass is 10.8. The smallest absolute Gasteiger partial charge is 0.234 e. The van der Waals surface area contributed by atoms with Crippen LogP contribution in [0.5, 0.6) is 0 Å². The first-order chi connectivity index (χ1) is 3.25. The van der Waals surface area contributed by atoms with Crippen LogP contribution in [0.1, 0.15) is 6.92 Å². The second-order valence-corrected chi connectivity index (χ2v) is 3.26. The van der Waals surface area contributed by atoms with Crippen molar-refractivity contribution >= 4 is 9.08 Å². The molecule has 0 aromatic carbocycles. The van der Waals surface area contributed by atoms with Gasteiger partial charge in [-0.1, -0.05) is 0 Å². The van der Waals surface area contributed by atoms with Crippen molar-refractivity contribution in [2.75, 3.05) is 0 Å². The lowest BCUT2D eigenvalue weighted by molar-refractivity contribution is 0.0609. The Bertz CT molecular complexity index is 65.4. The van der Waals surface area contributed by atoms with Gasteiger partial charge in [0, 0.05) is 6.92 Å². The molecule has 0 aromatic rings. The van der Waals surface area contributed by atoms with Crippen LogP contribution in [-0.2, 0) is 0 Å². The van der Waals surface area contributed by atoms with Crippen LogP contribution < -0.4 is 0 Å². The number of halogens is 5. The van der Waals surface area contributed by atoms with Gasteiger partial charge in [0.15, 0.2) is 0 Å². The summed E-state index contributed by atoms with van der Waals surface area (Å²) in [5.74, 6) is 0. The van der Waals surface area contributed by atoms with E-state index in [0.29, 0.717) is 0 Å². The molecule has 50 valence electrons. The van der Waals surface area contributed by atoms with Gasteiger partial charge in [-0.25, -0.2) is 21.1 Å². The topological polar surface area (TPSA) is 0 Å². The normalized spacial score (nSPS) is 14.2. The SMILES string of the molecule is CC(F)(F)[Si](F)(F)F. The molecule has 0 rings (SSSR count). The molecule has 0 N–H and O–H groups in total. The van der Waals surface area contributed by atoms with E-state index in [-0.39, 0.29) is 6.92 Å². The first-order valence-corrected chi connectivity index (χ1v) is 3.33. The summed E-state index contributed by atoms with van der Waals surface area (Å²) in [4.78, 5) is 0. The van der Waals surface area contributed by atoms with E-state index in [4.69, 9.17) is 0 Å². The molecule has 0 nitrogen and oxygen atoms in total. The second kappa shape index (κ2) is 1.68. The van der Waals surface area contributed by atoms with E-state index in [1.165, 1.54) is 0 Å². The standard InChI is InChI=1S/C2H3F5Si/c1-2(3,4)8(5,6)7/h1H3. The van der Waals surface area contributed by atoms with Crippen molar-refractivity contribution in [2.24, 2.45) is 0 Å². The zero-order chi connectivity index (χ0) is 7.00. The third kappa shape index (κ3) is 1.77. The maximum atomic E-state index is 11.2. The van der Waals surface area contributed by atoms with Gasteiger partial charge < -0.3 is 0 Å². The second-order valence-electron chi connectivity index (χ2n) is 1.39. The van der Waals surface area contributed by atoms with Crippen molar-refractivity contribution in [3.63, 3.8) is 0 Å². The predicted molar refractivity (Wildman–Crippen MR) is 19.7 cm³/mol. The number of rotatable bonds is 1. The maximum absolute atomic E-state index is 11.2. The van der Waals surface area contributed by atoms with Crippen LogP contribution >= 0.6 is 0 Å². The molecule has 0 saturated carbocycles. The largest absolute Gasteiger partial charge is 0.689 e. The molecule has 0 spiro atoms. The molecule has 0 fully saturated rings. The minimum Gasteiger partial charge on any atom is -0.234 e. The van der Waals surface area contributed by atoms with E-state index in [0.717, 1.165) is 0 Å². The zero-order valence-corrected chi connectivity index (χ0v) is 4.89. The third-order valence-electron chi connectivity index (χ3n) is 0.498. The van der Waals surface area contributed by atoms with Crippen LogP contribution in [0, 0.1) is 0 Å². The summed E-state index contributed by atoms with van der Waals surface area (Å²) in [7, 11) is -6.69. The quantitative estimate of drug-likeness (QED) is 0.305. The molecule has 0 atom stereocenters. The molecular weight excluding hydrogens is 147 g/mol. The molecule has 0 aliphatic carbocycles. The Labute approximate surface area is 43.8 Å². The number of hydrogen-bond donors (Lipinski definition) is 0. The highest BCUT2D eigenvalue weighted by molar-refractivity contribution is 6.61. The van der Waals surface area contributed by atoms with Crippen LogP contribution in [-0.4, -0.2) is 14.6 Å². The molecule has 0 saturated heterocycles.